The van der Waals surface area contributed by atoms with Gasteiger partial charge in [0, 0.05) is 69.2 Å². The summed E-state index contributed by atoms with van der Waals surface area (Å²) in [5.74, 6) is 0.899. The molecule has 5 rings (SSSR count). The number of ketones is 1. The Morgan fingerprint density at radius 2 is 1.95 bits per heavy atom. The van der Waals surface area contributed by atoms with Gasteiger partial charge in [-0.15, -0.1) is 0 Å². The number of aliphatic imine (C=N–C) groups is 1. The van der Waals surface area contributed by atoms with E-state index in [4.69, 9.17) is 15.5 Å². The lowest BCUT2D eigenvalue weighted by molar-refractivity contribution is -0.123. The van der Waals surface area contributed by atoms with Gasteiger partial charge in [-0.25, -0.2) is 0 Å². The summed E-state index contributed by atoms with van der Waals surface area (Å²) in [5.41, 5.74) is 14.6. The standard InChI is InChI=1S/C34H47N5O3/c1-22(25-20-37-39(3)21-25)27-12-10-24-5-4-6-28(30(24)19-32(27)40)34(35)29-11-7-23(9-14-33(41)36-2)8-13-31(29)38-26-15-17-42-18-16-26/h4-6,20-23,26-27H,7-19,35H2,1-3H3,(H,36,41). The van der Waals surface area contributed by atoms with Gasteiger partial charge in [-0.3, -0.25) is 19.3 Å². The number of amides is 1. The van der Waals surface area contributed by atoms with E-state index in [9.17, 15) is 9.59 Å². The Hall–Kier alpha value is -3.26. The lowest BCUT2D eigenvalue weighted by Gasteiger charge is -2.22. The van der Waals surface area contributed by atoms with Crippen LogP contribution in [0.5, 0.6) is 0 Å². The smallest absolute Gasteiger partial charge is 0.219 e. The molecule has 3 atom stereocenters. The molecule has 2 aliphatic carbocycles. The lowest BCUT2D eigenvalue weighted by atomic mass is 9.82. The van der Waals surface area contributed by atoms with E-state index in [2.05, 4.69) is 35.5 Å². The first kappa shape index (κ1) is 30.2. The van der Waals surface area contributed by atoms with Crippen molar-refractivity contribution in [3.8, 4) is 0 Å². The molecule has 8 nitrogen and oxygen atoms in total. The number of nitrogens with zero attached hydrogens (tertiary/aromatic N) is 3. The summed E-state index contributed by atoms with van der Waals surface area (Å²) in [7, 11) is 3.62. The van der Waals surface area contributed by atoms with Gasteiger partial charge < -0.3 is 15.8 Å². The first-order valence-corrected chi connectivity index (χ1v) is 15.8. The first-order valence-electron chi connectivity index (χ1n) is 15.8. The molecular weight excluding hydrogens is 526 g/mol. The van der Waals surface area contributed by atoms with Crippen LogP contribution in [0.1, 0.15) is 92.9 Å². The van der Waals surface area contributed by atoms with Crippen molar-refractivity contribution in [2.75, 3.05) is 20.3 Å². The molecule has 1 aliphatic heterocycles. The Bertz CT molecular complexity index is 1340. The molecule has 0 radical (unpaired) electrons. The molecule has 2 heterocycles. The maximum atomic E-state index is 13.8. The molecular formula is C34H47N5O3. The molecule has 2 aromatic rings. The van der Waals surface area contributed by atoms with E-state index in [-0.39, 0.29) is 29.6 Å². The van der Waals surface area contributed by atoms with E-state index in [1.807, 2.05) is 24.1 Å². The number of aryl methyl sites for hydroxylation is 2. The molecule has 226 valence electrons. The molecule has 3 aliphatic rings. The number of benzene rings is 1. The number of nitrogens with two attached hydrogens (primary N) is 1. The Morgan fingerprint density at radius 3 is 2.69 bits per heavy atom. The van der Waals surface area contributed by atoms with Crippen LogP contribution < -0.4 is 11.1 Å². The predicted molar refractivity (Wildman–Crippen MR) is 166 cm³/mol. The molecule has 1 saturated heterocycles. The van der Waals surface area contributed by atoms with Crippen molar-refractivity contribution in [2.45, 2.75) is 89.5 Å². The molecule has 1 aromatic carbocycles. The largest absolute Gasteiger partial charge is 0.398 e. The molecule has 1 saturated carbocycles. The van der Waals surface area contributed by atoms with Crippen LogP contribution in [-0.4, -0.2) is 53.5 Å². The molecule has 0 spiro atoms. The summed E-state index contributed by atoms with van der Waals surface area (Å²) in [6.07, 6.45) is 13.0. The average Bonchev–Trinajstić information content (AvgIpc) is 3.24. The predicted octanol–water partition coefficient (Wildman–Crippen LogP) is 4.90. The number of rotatable bonds is 7. The highest BCUT2D eigenvalue weighted by Gasteiger charge is 2.32. The van der Waals surface area contributed by atoms with E-state index in [1.54, 1.807) is 7.05 Å². The van der Waals surface area contributed by atoms with Crippen molar-refractivity contribution in [1.82, 2.24) is 15.1 Å². The number of allylic oxidation sites excluding steroid dienone is 1. The maximum absolute atomic E-state index is 13.8. The highest BCUT2D eigenvalue weighted by molar-refractivity contribution is 6.06. The fourth-order valence-electron chi connectivity index (χ4n) is 7.05. The zero-order chi connectivity index (χ0) is 29.6. The minimum absolute atomic E-state index is 0.0482. The first-order chi connectivity index (χ1) is 20.3. The molecule has 42 heavy (non-hydrogen) atoms. The Labute approximate surface area is 250 Å². The van der Waals surface area contributed by atoms with Crippen LogP contribution in [0.15, 0.2) is 41.2 Å². The quantitative estimate of drug-likeness (QED) is 0.361. The number of aromatic nitrogens is 2. The normalized spacial score (nSPS) is 24.9. The summed E-state index contributed by atoms with van der Waals surface area (Å²) < 4.78 is 7.41. The maximum Gasteiger partial charge on any atom is 0.219 e. The van der Waals surface area contributed by atoms with Crippen LogP contribution in [0, 0.1) is 11.8 Å². The highest BCUT2D eigenvalue weighted by atomic mass is 16.5. The lowest BCUT2D eigenvalue weighted by Crippen LogP contribution is -2.22. The van der Waals surface area contributed by atoms with E-state index in [0.29, 0.717) is 18.8 Å². The van der Waals surface area contributed by atoms with Gasteiger partial charge in [0.15, 0.2) is 0 Å². The van der Waals surface area contributed by atoms with Crippen LogP contribution in [0.4, 0.5) is 0 Å². The molecule has 0 bridgehead atoms. The SMILES string of the molecule is CNC(=O)CCC1CCC(=NC2CCOCC2)C(=C(N)c2cccc3c2CC(=O)C(C(C)c2cnn(C)c2)CC3)CC1. The molecule has 3 unspecified atom stereocenters. The summed E-state index contributed by atoms with van der Waals surface area (Å²) in [6.45, 7) is 3.65. The Morgan fingerprint density at radius 1 is 1.17 bits per heavy atom. The van der Waals surface area contributed by atoms with E-state index < -0.39 is 0 Å². The van der Waals surface area contributed by atoms with Crippen molar-refractivity contribution in [2.24, 2.45) is 29.6 Å². The third-order valence-corrected chi connectivity index (χ3v) is 9.76. The number of nitrogens with one attached hydrogen (secondary N) is 1. The topological polar surface area (TPSA) is 112 Å². The van der Waals surface area contributed by atoms with Gasteiger partial charge in [0.2, 0.25) is 5.91 Å². The van der Waals surface area contributed by atoms with Gasteiger partial charge >= 0.3 is 0 Å². The second-order valence-corrected chi connectivity index (χ2v) is 12.4. The number of hydrogen-bond donors (Lipinski definition) is 2. The number of carbonyl (C=O) groups is 2. The average molecular weight is 574 g/mol. The van der Waals surface area contributed by atoms with Crippen molar-refractivity contribution in [3.05, 3.63) is 58.4 Å². The number of carbonyl (C=O) groups excluding carboxylic acids is 2. The molecule has 8 heteroatoms. The summed E-state index contributed by atoms with van der Waals surface area (Å²) in [6, 6.07) is 6.61. The van der Waals surface area contributed by atoms with Gasteiger partial charge in [0.25, 0.3) is 0 Å². The third kappa shape index (κ3) is 7.02. The molecule has 2 fully saturated rings. The Balaban J connectivity index is 1.45. The monoisotopic (exact) mass is 573 g/mol. The van der Waals surface area contributed by atoms with Crippen molar-refractivity contribution >= 4 is 23.1 Å². The van der Waals surface area contributed by atoms with Gasteiger partial charge in [-0.05, 0) is 91.9 Å². The second kappa shape index (κ2) is 13.8. The number of ether oxygens (including phenoxy) is 1. The summed E-state index contributed by atoms with van der Waals surface area (Å²) in [4.78, 5) is 31.0. The third-order valence-electron chi connectivity index (χ3n) is 9.76. The summed E-state index contributed by atoms with van der Waals surface area (Å²) in [5, 5.41) is 7.09. The second-order valence-electron chi connectivity index (χ2n) is 12.4. The minimum Gasteiger partial charge on any atom is -0.398 e. The van der Waals surface area contributed by atoms with Crippen LogP contribution in [0.25, 0.3) is 5.70 Å². The van der Waals surface area contributed by atoms with Gasteiger partial charge in [-0.1, -0.05) is 25.1 Å². The summed E-state index contributed by atoms with van der Waals surface area (Å²) >= 11 is 0. The zero-order valence-electron chi connectivity index (χ0n) is 25.5. The fraction of sp³-hybridized carbons (Fsp3) is 0.588. The number of Topliss-reactive ketones (excluding diaryl/α,β-unsaturated/α-hetero) is 1. The van der Waals surface area contributed by atoms with Crippen LogP contribution in [0.3, 0.4) is 0 Å². The molecule has 1 aromatic heterocycles. The van der Waals surface area contributed by atoms with E-state index >= 15 is 0 Å². The fourth-order valence-corrected chi connectivity index (χ4v) is 7.05. The van der Waals surface area contributed by atoms with Crippen molar-refractivity contribution < 1.29 is 14.3 Å². The van der Waals surface area contributed by atoms with Crippen molar-refractivity contribution in [3.63, 3.8) is 0 Å². The van der Waals surface area contributed by atoms with Crippen LogP contribution in [0.2, 0.25) is 0 Å². The van der Waals surface area contributed by atoms with E-state index in [1.165, 1.54) is 5.56 Å². The van der Waals surface area contributed by atoms with Crippen molar-refractivity contribution in [1.29, 1.82) is 0 Å². The van der Waals surface area contributed by atoms with Crippen LogP contribution >= 0.6 is 0 Å². The Kier molecular flexibility index (Phi) is 9.93. The zero-order valence-corrected chi connectivity index (χ0v) is 25.5. The minimum atomic E-state index is -0.0482. The molecule has 3 N–H and O–H groups in total. The van der Waals surface area contributed by atoms with Gasteiger partial charge in [0.1, 0.15) is 5.78 Å². The van der Waals surface area contributed by atoms with Gasteiger partial charge in [0.05, 0.1) is 12.2 Å². The van der Waals surface area contributed by atoms with Gasteiger partial charge in [-0.2, -0.15) is 5.10 Å². The van der Waals surface area contributed by atoms with Crippen LogP contribution in [-0.2, 0) is 34.2 Å². The number of hydrogen-bond acceptors (Lipinski definition) is 6. The number of fused-ring (bicyclic) bond motifs is 1. The van der Waals surface area contributed by atoms with E-state index in [0.717, 1.165) is 105 Å². The highest BCUT2D eigenvalue weighted by Crippen LogP contribution is 2.37. The molecule has 1 amide bonds.